The summed E-state index contributed by atoms with van der Waals surface area (Å²) in [6, 6.07) is 4.36. The molecule has 0 spiro atoms. The first-order valence-electron chi connectivity index (χ1n) is 5.82. The van der Waals surface area contributed by atoms with Crippen molar-refractivity contribution >= 4 is 21.2 Å². The average Bonchev–Trinajstić information content (AvgIpc) is 2.45. The van der Waals surface area contributed by atoms with Gasteiger partial charge in [0, 0.05) is 6.07 Å². The summed E-state index contributed by atoms with van der Waals surface area (Å²) in [6.45, 7) is 0. The second kappa shape index (κ2) is 5.53. The van der Waals surface area contributed by atoms with Gasteiger partial charge in [0.05, 0.1) is 20.8 Å². The largest absolute Gasteiger partial charge is 0.871 e. The molecule has 1 N–H and O–H groups in total. The van der Waals surface area contributed by atoms with Crippen LogP contribution in [0.4, 0.5) is 11.4 Å². The SMILES string of the molecule is O=[N+]([O-])c1ccc(S(=O)(=O)c2ccc(O)cc2[O-])c([N+](=O)[O-])c1. The molecule has 0 aliphatic heterocycles. The number of aromatic hydroxyl groups is 1. The van der Waals surface area contributed by atoms with E-state index in [1.807, 2.05) is 0 Å². The quantitative estimate of drug-likeness (QED) is 0.639. The zero-order valence-corrected chi connectivity index (χ0v) is 11.9. The smallest absolute Gasteiger partial charge is 0.295 e. The highest BCUT2D eigenvalue weighted by Gasteiger charge is 2.30. The van der Waals surface area contributed by atoms with Crippen LogP contribution < -0.4 is 5.11 Å². The predicted octanol–water partition coefficient (Wildman–Crippen LogP) is 1.11. The highest BCUT2D eigenvalue weighted by atomic mass is 32.2. The number of phenols is 1. The first-order chi connectivity index (χ1) is 10.6. The fourth-order valence-electron chi connectivity index (χ4n) is 1.83. The van der Waals surface area contributed by atoms with Gasteiger partial charge in [-0.25, -0.2) is 8.42 Å². The van der Waals surface area contributed by atoms with Crippen LogP contribution in [0.25, 0.3) is 0 Å². The highest BCUT2D eigenvalue weighted by molar-refractivity contribution is 7.91. The molecular weight excluding hydrogens is 332 g/mol. The summed E-state index contributed by atoms with van der Waals surface area (Å²) in [7, 11) is -4.59. The molecule has 0 saturated heterocycles. The molecule has 0 aromatic heterocycles. The maximum Gasteiger partial charge on any atom is 0.295 e. The van der Waals surface area contributed by atoms with Gasteiger partial charge >= 0.3 is 0 Å². The summed E-state index contributed by atoms with van der Waals surface area (Å²) in [5.41, 5.74) is -1.68. The molecule has 0 radical (unpaired) electrons. The molecule has 0 aliphatic carbocycles. The molecule has 2 aromatic rings. The van der Waals surface area contributed by atoms with E-state index in [-0.39, 0.29) is 0 Å². The molecule has 23 heavy (non-hydrogen) atoms. The Morgan fingerprint density at radius 2 is 1.52 bits per heavy atom. The molecule has 0 heterocycles. The Morgan fingerprint density at radius 1 is 0.913 bits per heavy atom. The molecule has 2 rings (SSSR count). The lowest BCUT2D eigenvalue weighted by molar-refractivity contribution is -0.396. The number of benzene rings is 2. The first-order valence-corrected chi connectivity index (χ1v) is 7.31. The van der Waals surface area contributed by atoms with Gasteiger partial charge in [0.1, 0.15) is 10.6 Å². The van der Waals surface area contributed by atoms with Crippen LogP contribution in [-0.4, -0.2) is 23.4 Å². The van der Waals surface area contributed by atoms with E-state index in [0.29, 0.717) is 18.2 Å². The molecule has 10 nitrogen and oxygen atoms in total. The molecule has 0 saturated carbocycles. The van der Waals surface area contributed by atoms with E-state index < -0.39 is 52.3 Å². The number of nitrogens with zero attached hydrogens (tertiary/aromatic N) is 2. The third-order valence-electron chi connectivity index (χ3n) is 2.86. The van der Waals surface area contributed by atoms with Crippen molar-refractivity contribution in [3.8, 4) is 11.5 Å². The second-order valence-corrected chi connectivity index (χ2v) is 6.19. The van der Waals surface area contributed by atoms with Gasteiger partial charge in [-0.2, -0.15) is 0 Å². The van der Waals surface area contributed by atoms with E-state index in [2.05, 4.69) is 0 Å². The molecule has 0 unspecified atom stereocenters. The van der Waals surface area contributed by atoms with Crippen molar-refractivity contribution in [3.63, 3.8) is 0 Å². The number of hydrogen-bond acceptors (Lipinski definition) is 8. The Labute approximate surface area is 128 Å². The van der Waals surface area contributed by atoms with Gasteiger partial charge < -0.3 is 10.2 Å². The zero-order chi connectivity index (χ0) is 17.4. The summed E-state index contributed by atoms with van der Waals surface area (Å²) in [6.07, 6.45) is 0. The van der Waals surface area contributed by atoms with Gasteiger partial charge in [0.25, 0.3) is 11.4 Å². The molecule has 0 bridgehead atoms. The van der Waals surface area contributed by atoms with E-state index in [4.69, 9.17) is 5.11 Å². The van der Waals surface area contributed by atoms with Crippen LogP contribution in [0, 0.1) is 20.2 Å². The minimum Gasteiger partial charge on any atom is -0.871 e. The topological polar surface area (TPSA) is 164 Å². The summed E-state index contributed by atoms with van der Waals surface area (Å²) in [4.78, 5) is 18.0. The lowest BCUT2D eigenvalue weighted by Crippen LogP contribution is -2.09. The average molecular weight is 339 g/mol. The molecule has 0 amide bonds. The molecule has 11 heteroatoms. The Kier molecular flexibility index (Phi) is 3.89. The molecule has 0 aliphatic rings. The summed E-state index contributed by atoms with van der Waals surface area (Å²) >= 11 is 0. The van der Waals surface area contributed by atoms with Crippen molar-refractivity contribution in [2.24, 2.45) is 0 Å². The second-order valence-electron chi connectivity index (χ2n) is 4.30. The van der Waals surface area contributed by atoms with Gasteiger partial charge in [-0.05, 0) is 24.3 Å². The van der Waals surface area contributed by atoms with Crippen molar-refractivity contribution < 1.29 is 28.5 Å². The highest BCUT2D eigenvalue weighted by Crippen LogP contribution is 2.35. The monoisotopic (exact) mass is 339 g/mol. The van der Waals surface area contributed by atoms with E-state index in [1.54, 1.807) is 0 Å². The summed E-state index contributed by atoms with van der Waals surface area (Å²) < 4.78 is 24.8. The number of rotatable bonds is 4. The maximum absolute atomic E-state index is 12.4. The Morgan fingerprint density at radius 3 is 2.04 bits per heavy atom. The third-order valence-corrected chi connectivity index (χ3v) is 4.70. The molecule has 120 valence electrons. The van der Waals surface area contributed by atoms with Gasteiger partial charge in [-0.15, -0.1) is 0 Å². The van der Waals surface area contributed by atoms with Crippen molar-refractivity contribution in [1.82, 2.24) is 0 Å². The van der Waals surface area contributed by atoms with E-state index in [0.717, 1.165) is 18.2 Å². The van der Waals surface area contributed by atoms with Crippen LogP contribution >= 0.6 is 0 Å². The molecule has 0 fully saturated rings. The van der Waals surface area contributed by atoms with Crippen LogP contribution in [0.1, 0.15) is 0 Å². The van der Waals surface area contributed by atoms with Crippen LogP contribution in [0.2, 0.25) is 0 Å². The molecule has 2 aromatic carbocycles. The van der Waals surface area contributed by atoms with Gasteiger partial charge in [0.15, 0.2) is 0 Å². The lowest BCUT2D eigenvalue weighted by Gasteiger charge is -2.14. The Balaban J connectivity index is 2.73. The van der Waals surface area contributed by atoms with Crippen molar-refractivity contribution in [2.45, 2.75) is 9.79 Å². The number of hydrogen-bond donors (Lipinski definition) is 1. The number of phenolic OH excluding ortho intramolecular Hbond substituents is 1. The van der Waals surface area contributed by atoms with Crippen LogP contribution in [0.5, 0.6) is 11.5 Å². The first kappa shape index (κ1) is 16.2. The normalized spacial score (nSPS) is 11.1. The van der Waals surface area contributed by atoms with Crippen LogP contribution in [-0.2, 0) is 9.84 Å². The van der Waals surface area contributed by atoms with E-state index >= 15 is 0 Å². The lowest BCUT2D eigenvalue weighted by atomic mass is 10.3. The van der Waals surface area contributed by atoms with Crippen LogP contribution in [0.3, 0.4) is 0 Å². The molecule has 0 atom stereocenters. The number of nitro benzene ring substituents is 2. The fraction of sp³-hybridized carbons (Fsp3) is 0. The number of nitro groups is 2. The zero-order valence-electron chi connectivity index (χ0n) is 11.1. The third kappa shape index (κ3) is 2.89. The van der Waals surface area contributed by atoms with Gasteiger partial charge in [-0.1, -0.05) is 5.75 Å². The van der Waals surface area contributed by atoms with Crippen LogP contribution in [0.15, 0.2) is 46.2 Å². The minimum absolute atomic E-state index is 0.466. The van der Waals surface area contributed by atoms with Crippen molar-refractivity contribution in [1.29, 1.82) is 0 Å². The minimum atomic E-state index is -4.59. The van der Waals surface area contributed by atoms with Gasteiger partial charge in [-0.3, -0.25) is 20.2 Å². The maximum atomic E-state index is 12.4. The Hall–Kier alpha value is -3.21. The van der Waals surface area contributed by atoms with E-state index in [9.17, 15) is 33.8 Å². The van der Waals surface area contributed by atoms with E-state index in [1.165, 1.54) is 0 Å². The number of non-ortho nitro benzene ring substituents is 1. The fourth-order valence-corrected chi connectivity index (χ4v) is 3.29. The number of sulfone groups is 1. The van der Waals surface area contributed by atoms with Crippen molar-refractivity contribution in [3.05, 3.63) is 56.6 Å². The van der Waals surface area contributed by atoms with Gasteiger partial charge in [0.2, 0.25) is 9.84 Å². The predicted molar refractivity (Wildman–Crippen MR) is 72.8 cm³/mol. The molecular formula is C12H7N2O8S-. The Bertz CT molecular complexity index is 923. The standard InChI is InChI=1S/C12H8N2O8S/c15-8-2-4-12(10(16)6-8)23(21,22)11-3-1-7(13(17)18)5-9(11)14(19)20/h1-6,15-16H/p-1. The summed E-state index contributed by atoms with van der Waals surface area (Å²) in [5.74, 6) is -1.52. The van der Waals surface area contributed by atoms with Crippen molar-refractivity contribution in [2.75, 3.05) is 0 Å². The summed E-state index contributed by atoms with van der Waals surface area (Å²) in [5, 5.41) is 42.5.